The Morgan fingerprint density at radius 3 is 2.14 bits per heavy atom. The van der Waals surface area contributed by atoms with Crippen molar-refractivity contribution in [1.82, 2.24) is 0 Å². The smallest absolute Gasteiger partial charge is 0.311 e. The van der Waals surface area contributed by atoms with Gasteiger partial charge in [0, 0.05) is 5.75 Å². The van der Waals surface area contributed by atoms with Crippen LogP contribution < -0.4 is 10.4 Å². The average molecular weight is 417 g/mol. The highest BCUT2D eigenvalue weighted by Crippen LogP contribution is 2.28. The predicted molar refractivity (Wildman–Crippen MR) is 117 cm³/mol. The predicted octanol–water partition coefficient (Wildman–Crippen LogP) is 2.94. The van der Waals surface area contributed by atoms with E-state index in [9.17, 15) is 4.79 Å². The van der Waals surface area contributed by atoms with Gasteiger partial charge >= 0.3 is 5.97 Å². The molecule has 2 aromatic carbocycles. The number of carbonyl (C=O) groups excluding carboxylic acids is 1. The molecule has 1 fully saturated rings. The van der Waals surface area contributed by atoms with Crippen LogP contribution in [-0.4, -0.2) is 39.1 Å². The molecular weight excluding hydrogens is 388 g/mol. The normalized spacial score (nSPS) is 18.2. The molecule has 1 saturated heterocycles. The number of benzene rings is 2. The zero-order valence-electron chi connectivity index (χ0n) is 16.7. The molecule has 0 aromatic heterocycles. The summed E-state index contributed by atoms with van der Waals surface area (Å²) in [5, 5.41) is 2.40. The number of hydrogen-bond donors (Lipinski definition) is 0. The fourth-order valence-corrected chi connectivity index (χ4v) is 6.47. The molecule has 6 heteroatoms. The Hall–Kier alpha value is -1.60. The highest BCUT2D eigenvalue weighted by molar-refractivity contribution is 7.99. The first-order valence-electron chi connectivity index (χ1n) is 9.61. The zero-order valence-corrected chi connectivity index (χ0v) is 18.6. The van der Waals surface area contributed by atoms with Gasteiger partial charge in [-0.2, -0.15) is 0 Å². The van der Waals surface area contributed by atoms with Gasteiger partial charge in [0.05, 0.1) is 19.1 Å². The topological polar surface area (TPSA) is 44.8 Å². The third kappa shape index (κ3) is 5.94. The number of hydrogen-bond acceptors (Lipinski definition) is 5. The van der Waals surface area contributed by atoms with Crippen molar-refractivity contribution in [3.63, 3.8) is 0 Å². The third-order valence-corrected chi connectivity index (χ3v) is 8.13. The lowest BCUT2D eigenvalue weighted by molar-refractivity contribution is -0.162. The number of rotatable bonds is 7. The third-order valence-electron chi connectivity index (χ3n) is 4.64. The summed E-state index contributed by atoms with van der Waals surface area (Å²) >= 11 is 1.52. The fourth-order valence-electron chi connectivity index (χ4n) is 3.04. The van der Waals surface area contributed by atoms with Crippen LogP contribution >= 0.6 is 11.8 Å². The fraction of sp³-hybridized carbons (Fsp3) is 0.409. The quantitative estimate of drug-likeness (QED) is 0.513. The van der Waals surface area contributed by atoms with Crippen molar-refractivity contribution < 1.29 is 18.7 Å². The Kier molecular flexibility index (Phi) is 7.34. The van der Waals surface area contributed by atoms with Crippen LogP contribution in [0, 0.1) is 5.41 Å². The van der Waals surface area contributed by atoms with Gasteiger partial charge in [0.2, 0.25) is 9.04 Å². The lowest BCUT2D eigenvalue weighted by atomic mass is 9.87. The summed E-state index contributed by atoms with van der Waals surface area (Å²) in [6, 6.07) is 20.6. The van der Waals surface area contributed by atoms with E-state index in [4.69, 9.17) is 13.9 Å². The molecule has 1 heterocycles. The van der Waals surface area contributed by atoms with Gasteiger partial charge in [-0.3, -0.25) is 4.79 Å². The van der Waals surface area contributed by atoms with Crippen LogP contribution in [0.4, 0.5) is 0 Å². The molecule has 1 unspecified atom stereocenters. The van der Waals surface area contributed by atoms with Crippen molar-refractivity contribution in [2.24, 2.45) is 5.41 Å². The van der Waals surface area contributed by atoms with Crippen LogP contribution in [-0.2, 0) is 18.7 Å². The van der Waals surface area contributed by atoms with Crippen LogP contribution in [0.25, 0.3) is 0 Å². The number of carbonyl (C=O) groups is 1. The Bertz CT molecular complexity index is 703. The summed E-state index contributed by atoms with van der Waals surface area (Å²) in [6.07, 6.45) is -0.0314. The SMILES string of the molecule is CC(C)(C)C(CC(=O)O[C@H]1OCCS1)O[SiH](c1ccccc1)c1ccccc1. The number of esters is 1. The van der Waals surface area contributed by atoms with Crippen molar-refractivity contribution >= 4 is 37.1 Å². The van der Waals surface area contributed by atoms with E-state index in [0.29, 0.717) is 6.61 Å². The lowest BCUT2D eigenvalue weighted by Crippen LogP contribution is -2.50. The van der Waals surface area contributed by atoms with E-state index in [0.717, 1.165) is 5.75 Å². The van der Waals surface area contributed by atoms with E-state index >= 15 is 0 Å². The Balaban J connectivity index is 1.79. The molecular formula is C22H28O4SSi. The molecule has 0 bridgehead atoms. The maximum atomic E-state index is 12.5. The monoisotopic (exact) mass is 416 g/mol. The summed E-state index contributed by atoms with van der Waals surface area (Å²) in [7, 11) is -1.95. The van der Waals surface area contributed by atoms with Crippen molar-refractivity contribution in [2.45, 2.75) is 38.9 Å². The first-order valence-corrected chi connectivity index (χ1v) is 12.3. The Morgan fingerprint density at radius 2 is 1.68 bits per heavy atom. The van der Waals surface area contributed by atoms with Crippen LogP contribution in [0.15, 0.2) is 60.7 Å². The van der Waals surface area contributed by atoms with E-state index in [1.54, 1.807) is 0 Å². The molecule has 0 saturated carbocycles. The van der Waals surface area contributed by atoms with Crippen LogP contribution in [0.2, 0.25) is 0 Å². The summed E-state index contributed by atoms with van der Waals surface area (Å²) in [4.78, 5) is 12.5. The number of ether oxygens (including phenoxy) is 2. The molecule has 0 N–H and O–H groups in total. The highest BCUT2D eigenvalue weighted by Gasteiger charge is 2.33. The van der Waals surface area contributed by atoms with Crippen LogP contribution in [0.3, 0.4) is 0 Å². The van der Waals surface area contributed by atoms with Crippen molar-refractivity contribution in [1.29, 1.82) is 0 Å². The molecule has 0 radical (unpaired) electrons. The first kappa shape index (κ1) is 21.1. The van der Waals surface area contributed by atoms with E-state index in [1.165, 1.54) is 22.1 Å². The van der Waals surface area contributed by atoms with Gasteiger partial charge in [-0.25, -0.2) is 0 Å². The summed E-state index contributed by atoms with van der Waals surface area (Å²) in [5.41, 5.74) is -0.679. The molecule has 0 aliphatic carbocycles. The van der Waals surface area contributed by atoms with Gasteiger partial charge in [0.15, 0.2) is 0 Å². The molecule has 1 aliphatic heterocycles. The standard InChI is InChI=1S/C22H28O4SSi/c1-22(2,3)19(16-20(23)25-21-24-14-15-27-21)26-28(17-10-6-4-7-11-17)18-12-8-5-9-13-18/h4-13,19,21,28H,14-16H2,1-3H3/t19?,21-/m1/s1. The van der Waals surface area contributed by atoms with Gasteiger partial charge < -0.3 is 13.9 Å². The lowest BCUT2D eigenvalue weighted by Gasteiger charge is -2.34. The van der Waals surface area contributed by atoms with E-state index in [-0.39, 0.29) is 23.9 Å². The molecule has 2 aromatic rings. The minimum absolute atomic E-state index is 0.197. The summed E-state index contributed by atoms with van der Waals surface area (Å²) in [5.74, 6) is 0.585. The molecule has 0 amide bonds. The summed E-state index contributed by atoms with van der Waals surface area (Å²) < 4.78 is 17.6. The molecule has 4 nitrogen and oxygen atoms in total. The van der Waals surface area contributed by atoms with E-state index in [2.05, 4.69) is 45.0 Å². The van der Waals surface area contributed by atoms with Crippen molar-refractivity contribution in [2.75, 3.05) is 12.4 Å². The second-order valence-corrected chi connectivity index (χ2v) is 11.4. The first-order chi connectivity index (χ1) is 13.4. The molecule has 150 valence electrons. The van der Waals surface area contributed by atoms with Gasteiger partial charge in [0.1, 0.15) is 0 Å². The average Bonchev–Trinajstić information content (AvgIpc) is 3.18. The van der Waals surface area contributed by atoms with Gasteiger partial charge in [0.25, 0.3) is 5.62 Å². The summed E-state index contributed by atoms with van der Waals surface area (Å²) in [6.45, 7) is 6.94. The molecule has 28 heavy (non-hydrogen) atoms. The molecule has 0 spiro atoms. The minimum atomic E-state index is -1.95. The van der Waals surface area contributed by atoms with Crippen LogP contribution in [0.1, 0.15) is 27.2 Å². The minimum Gasteiger partial charge on any atom is -0.426 e. The van der Waals surface area contributed by atoms with Crippen LogP contribution in [0.5, 0.6) is 0 Å². The highest BCUT2D eigenvalue weighted by atomic mass is 32.2. The Morgan fingerprint density at radius 1 is 1.11 bits per heavy atom. The van der Waals surface area contributed by atoms with Gasteiger partial charge in [-0.15, -0.1) is 0 Å². The van der Waals surface area contributed by atoms with Crippen molar-refractivity contribution in [3.05, 3.63) is 60.7 Å². The van der Waals surface area contributed by atoms with E-state index in [1.807, 2.05) is 36.4 Å². The van der Waals surface area contributed by atoms with Crippen molar-refractivity contribution in [3.8, 4) is 0 Å². The maximum absolute atomic E-state index is 12.5. The maximum Gasteiger partial charge on any atom is 0.311 e. The largest absolute Gasteiger partial charge is 0.426 e. The molecule has 2 atom stereocenters. The molecule has 3 rings (SSSR count). The Labute approximate surface area is 173 Å². The number of thioether (sulfide) groups is 1. The van der Waals surface area contributed by atoms with Gasteiger partial charge in [-0.05, 0) is 15.8 Å². The van der Waals surface area contributed by atoms with Gasteiger partial charge in [-0.1, -0.05) is 93.2 Å². The second kappa shape index (κ2) is 9.74. The molecule has 1 aliphatic rings. The zero-order chi connectivity index (χ0) is 20.0. The van der Waals surface area contributed by atoms with E-state index < -0.39 is 14.7 Å². The second-order valence-electron chi connectivity index (χ2n) is 7.92.